The minimum absolute atomic E-state index is 0.121. The van der Waals surface area contributed by atoms with Gasteiger partial charge < -0.3 is 5.11 Å². The molecular formula is C10H18O3. The van der Waals surface area contributed by atoms with Crippen molar-refractivity contribution in [1.29, 1.82) is 0 Å². The highest BCUT2D eigenvalue weighted by Crippen LogP contribution is 2.36. The Morgan fingerprint density at radius 2 is 1.92 bits per heavy atom. The lowest BCUT2D eigenvalue weighted by molar-refractivity contribution is -0.376. The Morgan fingerprint density at radius 1 is 1.23 bits per heavy atom. The van der Waals surface area contributed by atoms with Crippen LogP contribution in [-0.2, 0) is 9.78 Å². The van der Waals surface area contributed by atoms with Gasteiger partial charge in [0.05, 0.1) is 0 Å². The fourth-order valence-corrected chi connectivity index (χ4v) is 2.36. The lowest BCUT2D eigenvalue weighted by atomic mass is 9.83. The van der Waals surface area contributed by atoms with E-state index in [0.29, 0.717) is 12.3 Å². The second-order valence-electron chi connectivity index (χ2n) is 4.50. The molecule has 2 atom stereocenters. The van der Waals surface area contributed by atoms with Gasteiger partial charge in [-0.2, -0.15) is 0 Å². The number of hydrogen-bond donors (Lipinski definition) is 1. The van der Waals surface area contributed by atoms with E-state index in [2.05, 4.69) is 0 Å². The highest BCUT2D eigenvalue weighted by atomic mass is 17.2. The van der Waals surface area contributed by atoms with E-state index in [1.54, 1.807) is 6.92 Å². The van der Waals surface area contributed by atoms with E-state index in [0.717, 1.165) is 0 Å². The summed E-state index contributed by atoms with van der Waals surface area (Å²) in [7, 11) is 0. The Labute approximate surface area is 79.0 Å². The zero-order valence-electron chi connectivity index (χ0n) is 8.16. The average Bonchev–Trinajstić information content (AvgIpc) is 2.48. The van der Waals surface area contributed by atoms with Crippen molar-refractivity contribution in [2.24, 2.45) is 5.92 Å². The summed E-state index contributed by atoms with van der Waals surface area (Å²) in [6, 6.07) is 0. The van der Waals surface area contributed by atoms with E-state index in [4.69, 9.17) is 9.78 Å². The van der Waals surface area contributed by atoms with Crippen molar-refractivity contribution >= 4 is 0 Å². The van der Waals surface area contributed by atoms with Gasteiger partial charge in [0, 0.05) is 6.42 Å². The molecule has 0 aromatic heterocycles. The Morgan fingerprint density at radius 3 is 2.46 bits per heavy atom. The molecule has 2 fully saturated rings. The first-order chi connectivity index (χ1) is 6.17. The van der Waals surface area contributed by atoms with Gasteiger partial charge in [-0.15, -0.1) is 0 Å². The molecule has 0 amide bonds. The zero-order chi connectivity index (χ0) is 9.31. The molecule has 2 rings (SSSR count). The molecule has 1 saturated carbocycles. The fourth-order valence-electron chi connectivity index (χ4n) is 2.36. The molecule has 1 aliphatic carbocycles. The molecule has 0 bridgehead atoms. The first kappa shape index (κ1) is 9.44. The van der Waals surface area contributed by atoms with E-state index in [1.807, 2.05) is 0 Å². The normalized spacial score (nSPS) is 42.5. The first-order valence-corrected chi connectivity index (χ1v) is 5.24. The lowest BCUT2D eigenvalue weighted by Crippen LogP contribution is -2.26. The highest BCUT2D eigenvalue weighted by Gasteiger charge is 2.40. The third-order valence-electron chi connectivity index (χ3n) is 3.11. The molecule has 2 aliphatic rings. The Hall–Kier alpha value is -0.120. The van der Waals surface area contributed by atoms with E-state index in [1.165, 1.54) is 32.1 Å². The molecule has 0 aromatic rings. The number of aliphatic hydroxyl groups is 1. The van der Waals surface area contributed by atoms with Gasteiger partial charge in [-0.3, -0.25) is 0 Å². The van der Waals surface area contributed by atoms with Crippen molar-refractivity contribution in [2.75, 3.05) is 0 Å². The molecule has 13 heavy (non-hydrogen) atoms. The van der Waals surface area contributed by atoms with Gasteiger partial charge >= 0.3 is 0 Å². The molecule has 1 heterocycles. The molecular weight excluding hydrogens is 168 g/mol. The van der Waals surface area contributed by atoms with Gasteiger partial charge in [-0.25, -0.2) is 9.78 Å². The van der Waals surface area contributed by atoms with E-state index in [9.17, 15) is 5.11 Å². The molecule has 1 unspecified atom stereocenters. The standard InChI is InChI=1S/C10H18O3/c1-10(11)7-9(12-13-10)8-5-3-2-4-6-8/h8-9,11H,2-7H2,1H3/t9-,10?/m0/s1. The maximum Gasteiger partial charge on any atom is 0.198 e. The lowest BCUT2D eigenvalue weighted by Gasteiger charge is -2.24. The minimum Gasteiger partial charge on any atom is -0.363 e. The van der Waals surface area contributed by atoms with E-state index in [-0.39, 0.29) is 6.10 Å². The summed E-state index contributed by atoms with van der Waals surface area (Å²) in [5.41, 5.74) is 0. The average molecular weight is 186 g/mol. The topological polar surface area (TPSA) is 38.7 Å². The van der Waals surface area contributed by atoms with Crippen LogP contribution in [0, 0.1) is 5.92 Å². The van der Waals surface area contributed by atoms with Gasteiger partial charge in [-0.05, 0) is 25.7 Å². The largest absolute Gasteiger partial charge is 0.363 e. The van der Waals surface area contributed by atoms with Crippen molar-refractivity contribution in [3.8, 4) is 0 Å². The van der Waals surface area contributed by atoms with Gasteiger partial charge in [-0.1, -0.05) is 19.3 Å². The summed E-state index contributed by atoms with van der Waals surface area (Å²) in [4.78, 5) is 10.0. The Bertz CT molecular complexity index is 173. The van der Waals surface area contributed by atoms with Gasteiger partial charge in [0.2, 0.25) is 0 Å². The van der Waals surface area contributed by atoms with Crippen LogP contribution in [0.25, 0.3) is 0 Å². The smallest absolute Gasteiger partial charge is 0.198 e. The van der Waals surface area contributed by atoms with Crippen LogP contribution in [0.15, 0.2) is 0 Å². The number of hydrogen-bond acceptors (Lipinski definition) is 3. The van der Waals surface area contributed by atoms with Crippen LogP contribution < -0.4 is 0 Å². The molecule has 0 radical (unpaired) electrons. The SMILES string of the molecule is CC1(O)C[C@@H](C2CCCCC2)OO1. The molecule has 0 aromatic carbocycles. The molecule has 0 spiro atoms. The van der Waals surface area contributed by atoms with Crippen molar-refractivity contribution in [2.45, 2.75) is 57.3 Å². The maximum atomic E-state index is 9.55. The third kappa shape index (κ3) is 2.22. The van der Waals surface area contributed by atoms with Crippen LogP contribution in [0.5, 0.6) is 0 Å². The monoisotopic (exact) mass is 186 g/mol. The van der Waals surface area contributed by atoms with Crippen molar-refractivity contribution in [3.63, 3.8) is 0 Å². The second kappa shape index (κ2) is 3.56. The molecule has 3 heteroatoms. The van der Waals surface area contributed by atoms with E-state index >= 15 is 0 Å². The summed E-state index contributed by atoms with van der Waals surface area (Å²) in [6.45, 7) is 1.66. The van der Waals surface area contributed by atoms with Crippen LogP contribution >= 0.6 is 0 Å². The van der Waals surface area contributed by atoms with Gasteiger partial charge in [0.15, 0.2) is 5.79 Å². The van der Waals surface area contributed by atoms with Gasteiger partial charge in [0.25, 0.3) is 0 Å². The number of rotatable bonds is 1. The fraction of sp³-hybridized carbons (Fsp3) is 1.00. The van der Waals surface area contributed by atoms with Crippen molar-refractivity contribution in [3.05, 3.63) is 0 Å². The van der Waals surface area contributed by atoms with E-state index < -0.39 is 5.79 Å². The molecule has 1 aliphatic heterocycles. The maximum absolute atomic E-state index is 9.55. The summed E-state index contributed by atoms with van der Waals surface area (Å²) >= 11 is 0. The predicted octanol–water partition coefficient (Wildman–Crippen LogP) is 2.00. The summed E-state index contributed by atoms with van der Waals surface area (Å²) in [5, 5.41) is 9.55. The summed E-state index contributed by atoms with van der Waals surface area (Å²) in [6.07, 6.45) is 7.14. The summed E-state index contributed by atoms with van der Waals surface area (Å²) < 4.78 is 0. The molecule has 3 nitrogen and oxygen atoms in total. The first-order valence-electron chi connectivity index (χ1n) is 5.24. The highest BCUT2D eigenvalue weighted by molar-refractivity contribution is 4.80. The second-order valence-corrected chi connectivity index (χ2v) is 4.50. The van der Waals surface area contributed by atoms with Crippen molar-refractivity contribution < 1.29 is 14.9 Å². The van der Waals surface area contributed by atoms with Crippen LogP contribution in [0.3, 0.4) is 0 Å². The Balaban J connectivity index is 1.87. The summed E-state index contributed by atoms with van der Waals surface area (Å²) in [5.74, 6) is -0.454. The van der Waals surface area contributed by atoms with Crippen LogP contribution in [-0.4, -0.2) is 17.0 Å². The minimum atomic E-state index is -1.05. The third-order valence-corrected chi connectivity index (χ3v) is 3.11. The quantitative estimate of drug-likeness (QED) is 0.636. The van der Waals surface area contributed by atoms with Crippen LogP contribution in [0.1, 0.15) is 45.4 Å². The van der Waals surface area contributed by atoms with Crippen molar-refractivity contribution in [1.82, 2.24) is 0 Å². The Kier molecular flexibility index (Phi) is 2.58. The van der Waals surface area contributed by atoms with Gasteiger partial charge in [0.1, 0.15) is 6.10 Å². The molecule has 76 valence electrons. The van der Waals surface area contributed by atoms with Crippen LogP contribution in [0.4, 0.5) is 0 Å². The van der Waals surface area contributed by atoms with Crippen LogP contribution in [0.2, 0.25) is 0 Å². The molecule has 1 N–H and O–H groups in total. The molecule has 1 saturated heterocycles. The zero-order valence-corrected chi connectivity index (χ0v) is 8.16. The predicted molar refractivity (Wildman–Crippen MR) is 47.8 cm³/mol.